The first-order valence-corrected chi connectivity index (χ1v) is 9.45. The first-order chi connectivity index (χ1) is 13.6. The van der Waals surface area contributed by atoms with E-state index in [1.54, 1.807) is 27.9 Å². The number of nitrogens with one attached hydrogen (secondary N) is 2. The molecule has 1 aromatic carbocycles. The van der Waals surface area contributed by atoms with Crippen LogP contribution in [0.4, 0.5) is 4.79 Å². The number of carbonyl (C=O) groups excluding carboxylic acids is 2. The van der Waals surface area contributed by atoms with E-state index in [1.165, 1.54) is 4.90 Å². The van der Waals surface area contributed by atoms with E-state index in [0.29, 0.717) is 5.75 Å². The smallest absolute Gasteiger partial charge is 0.410 e. The zero-order chi connectivity index (χ0) is 21.6. The maximum absolute atomic E-state index is 12.2. The molecule has 1 fully saturated rings. The molecule has 1 aromatic rings. The van der Waals surface area contributed by atoms with Gasteiger partial charge in [-0.1, -0.05) is 18.2 Å². The van der Waals surface area contributed by atoms with E-state index < -0.39 is 23.8 Å². The lowest BCUT2D eigenvalue weighted by molar-refractivity contribution is -0.126. The van der Waals surface area contributed by atoms with E-state index in [0.717, 1.165) is 5.56 Å². The number of ether oxygens (including phenoxy) is 3. The number of para-hydroxylation sites is 1. The van der Waals surface area contributed by atoms with Crippen LogP contribution in [-0.2, 0) is 14.3 Å². The molecule has 1 saturated heterocycles. The van der Waals surface area contributed by atoms with Gasteiger partial charge in [0.1, 0.15) is 24.5 Å². The van der Waals surface area contributed by atoms with Gasteiger partial charge in [-0.25, -0.2) is 4.79 Å². The van der Waals surface area contributed by atoms with Crippen molar-refractivity contribution in [2.75, 3.05) is 26.8 Å². The average Bonchev–Trinajstić information content (AvgIpc) is 2.64. The summed E-state index contributed by atoms with van der Waals surface area (Å²) in [6.07, 6.45) is -0.373. The Bertz CT molecular complexity index is 747. The maximum Gasteiger partial charge on any atom is 0.410 e. The molecule has 0 radical (unpaired) electrons. The summed E-state index contributed by atoms with van der Waals surface area (Å²) in [7, 11) is 1.57. The first-order valence-electron chi connectivity index (χ1n) is 9.45. The number of hydrogen-bond donors (Lipinski definition) is 3. The fraction of sp³-hybridized carbons (Fsp3) is 0.550. The number of hydrogen-bond acceptors (Lipinski definition) is 7. The molecule has 160 valence electrons. The van der Waals surface area contributed by atoms with Crippen LogP contribution in [0.3, 0.4) is 0 Å². The quantitative estimate of drug-likeness (QED) is 0.488. The van der Waals surface area contributed by atoms with Gasteiger partial charge in [0.15, 0.2) is 5.90 Å². The van der Waals surface area contributed by atoms with Crippen LogP contribution in [0.2, 0.25) is 0 Å². The summed E-state index contributed by atoms with van der Waals surface area (Å²) in [5, 5.41) is 10.8. The van der Waals surface area contributed by atoms with Gasteiger partial charge in [-0.15, -0.1) is 0 Å². The molecule has 0 spiro atoms. The van der Waals surface area contributed by atoms with Crippen LogP contribution in [0.25, 0.3) is 0 Å². The summed E-state index contributed by atoms with van der Waals surface area (Å²) in [5.74, 6) is 0.348. The van der Waals surface area contributed by atoms with Crippen molar-refractivity contribution in [1.29, 1.82) is 5.41 Å². The molecule has 0 aromatic heterocycles. The van der Waals surface area contributed by atoms with Gasteiger partial charge in [-0.05, 0) is 26.8 Å². The number of benzene rings is 1. The monoisotopic (exact) mass is 406 g/mol. The molecule has 9 nitrogen and oxygen atoms in total. The molecule has 2 amide bonds. The highest BCUT2D eigenvalue weighted by Gasteiger charge is 2.31. The highest BCUT2D eigenvalue weighted by molar-refractivity contribution is 5.84. The number of amides is 2. The molecule has 2 rings (SSSR count). The second kappa shape index (κ2) is 9.60. The van der Waals surface area contributed by atoms with Crippen LogP contribution in [0.5, 0.6) is 5.75 Å². The van der Waals surface area contributed by atoms with Gasteiger partial charge in [-0.3, -0.25) is 15.1 Å². The number of methoxy groups -OCH3 is 1. The fourth-order valence-corrected chi connectivity index (χ4v) is 2.93. The van der Waals surface area contributed by atoms with Gasteiger partial charge in [0, 0.05) is 24.6 Å². The number of rotatable bonds is 6. The van der Waals surface area contributed by atoms with E-state index in [-0.39, 0.29) is 37.9 Å². The Hall–Kier alpha value is -2.81. The SMILES string of the molecule is COc1ccccc1C(N)CC(=N)OCC1CN(C(=O)OC(C)(C)C)CC(=O)N1. The molecule has 0 saturated carbocycles. The van der Waals surface area contributed by atoms with Crippen molar-refractivity contribution in [3.63, 3.8) is 0 Å². The van der Waals surface area contributed by atoms with Crippen molar-refractivity contribution in [2.24, 2.45) is 5.73 Å². The van der Waals surface area contributed by atoms with Gasteiger partial charge >= 0.3 is 6.09 Å². The molecule has 2 unspecified atom stereocenters. The Morgan fingerprint density at radius 2 is 2.07 bits per heavy atom. The van der Waals surface area contributed by atoms with Gasteiger partial charge in [0.2, 0.25) is 5.91 Å². The van der Waals surface area contributed by atoms with Crippen molar-refractivity contribution in [2.45, 2.75) is 44.9 Å². The Labute approximate surface area is 171 Å². The number of carbonyl (C=O) groups is 2. The molecule has 1 heterocycles. The summed E-state index contributed by atoms with van der Waals surface area (Å²) < 4.78 is 16.1. The third-order valence-corrected chi connectivity index (χ3v) is 4.19. The van der Waals surface area contributed by atoms with Crippen molar-refractivity contribution in [1.82, 2.24) is 10.2 Å². The number of piperazine rings is 1. The maximum atomic E-state index is 12.2. The van der Waals surface area contributed by atoms with Gasteiger partial charge in [0.05, 0.1) is 13.2 Å². The van der Waals surface area contributed by atoms with Crippen LogP contribution in [0, 0.1) is 5.41 Å². The van der Waals surface area contributed by atoms with Crippen LogP contribution in [-0.4, -0.2) is 61.2 Å². The highest BCUT2D eigenvalue weighted by Crippen LogP contribution is 2.25. The summed E-state index contributed by atoms with van der Waals surface area (Å²) in [6.45, 7) is 5.53. The molecule has 1 aliphatic rings. The minimum Gasteiger partial charge on any atom is -0.496 e. The fourth-order valence-electron chi connectivity index (χ4n) is 2.93. The van der Waals surface area contributed by atoms with E-state index in [1.807, 2.05) is 24.3 Å². The van der Waals surface area contributed by atoms with Gasteiger partial charge < -0.3 is 25.3 Å². The molecule has 1 aliphatic heterocycles. The minimum absolute atomic E-state index is 0.00736. The molecule has 29 heavy (non-hydrogen) atoms. The molecular formula is C20H30N4O5. The lowest BCUT2D eigenvalue weighted by atomic mass is 10.0. The van der Waals surface area contributed by atoms with Crippen LogP contribution < -0.4 is 15.8 Å². The second-order valence-electron chi connectivity index (χ2n) is 7.91. The highest BCUT2D eigenvalue weighted by atomic mass is 16.6. The summed E-state index contributed by atoms with van der Waals surface area (Å²) >= 11 is 0. The molecule has 0 aliphatic carbocycles. The largest absolute Gasteiger partial charge is 0.496 e. The topological polar surface area (TPSA) is 127 Å². The average molecular weight is 406 g/mol. The Balaban J connectivity index is 1.87. The predicted octanol–water partition coefficient (Wildman–Crippen LogP) is 1.81. The Morgan fingerprint density at radius 3 is 2.72 bits per heavy atom. The normalized spacial score (nSPS) is 17.9. The molecular weight excluding hydrogens is 376 g/mol. The second-order valence-corrected chi connectivity index (χ2v) is 7.91. The van der Waals surface area contributed by atoms with Crippen LogP contribution in [0.1, 0.15) is 38.8 Å². The molecule has 2 atom stereocenters. The third-order valence-electron chi connectivity index (χ3n) is 4.19. The van der Waals surface area contributed by atoms with Crippen molar-refractivity contribution < 1.29 is 23.8 Å². The molecule has 9 heteroatoms. The van der Waals surface area contributed by atoms with Gasteiger partial charge in [0.25, 0.3) is 0 Å². The molecule has 4 N–H and O–H groups in total. The van der Waals surface area contributed by atoms with Crippen LogP contribution >= 0.6 is 0 Å². The minimum atomic E-state index is -0.645. The lowest BCUT2D eigenvalue weighted by Gasteiger charge is -2.34. The first kappa shape index (κ1) is 22.5. The summed E-state index contributed by atoms with van der Waals surface area (Å²) in [4.78, 5) is 25.5. The summed E-state index contributed by atoms with van der Waals surface area (Å²) in [5.41, 5.74) is 6.32. The van der Waals surface area contributed by atoms with Crippen molar-refractivity contribution in [3.05, 3.63) is 29.8 Å². The van der Waals surface area contributed by atoms with E-state index in [4.69, 9.17) is 25.4 Å². The van der Waals surface area contributed by atoms with E-state index in [2.05, 4.69) is 5.32 Å². The predicted molar refractivity (Wildman–Crippen MR) is 108 cm³/mol. The standard InChI is InChI=1S/C20H30N4O5/c1-20(2,3)29-19(26)24-10-13(23-18(25)11-24)12-28-17(22)9-15(21)14-7-5-6-8-16(14)27-4/h5-8,13,15,22H,9-12,21H2,1-4H3,(H,23,25). The zero-order valence-electron chi connectivity index (χ0n) is 17.4. The Morgan fingerprint density at radius 1 is 1.38 bits per heavy atom. The zero-order valence-corrected chi connectivity index (χ0v) is 17.4. The third kappa shape index (κ3) is 6.94. The number of nitrogens with two attached hydrogens (primary N) is 1. The van der Waals surface area contributed by atoms with Crippen LogP contribution in [0.15, 0.2) is 24.3 Å². The summed E-state index contributed by atoms with van der Waals surface area (Å²) in [6, 6.07) is 6.45. The van der Waals surface area contributed by atoms with Crippen molar-refractivity contribution >= 4 is 17.9 Å². The van der Waals surface area contributed by atoms with E-state index in [9.17, 15) is 9.59 Å². The molecule has 0 bridgehead atoms. The van der Waals surface area contributed by atoms with Crippen molar-refractivity contribution in [3.8, 4) is 5.75 Å². The van der Waals surface area contributed by atoms with Gasteiger partial charge in [-0.2, -0.15) is 0 Å². The van der Waals surface area contributed by atoms with E-state index >= 15 is 0 Å². The lowest BCUT2D eigenvalue weighted by Crippen LogP contribution is -2.58. The number of nitrogens with zero attached hydrogens (tertiary/aromatic N) is 1. The Kier molecular flexibility index (Phi) is 7.44.